The number of methoxy groups -OCH3 is 1. The van der Waals surface area contributed by atoms with E-state index in [0.717, 1.165) is 35.1 Å². The van der Waals surface area contributed by atoms with E-state index in [-0.39, 0.29) is 5.91 Å². The van der Waals surface area contributed by atoms with Gasteiger partial charge in [0.25, 0.3) is 5.91 Å². The molecule has 2 heterocycles. The summed E-state index contributed by atoms with van der Waals surface area (Å²) in [5, 5.41) is 11.1. The molecule has 3 aromatic rings. The maximum atomic E-state index is 12.5. The summed E-state index contributed by atoms with van der Waals surface area (Å²) in [5.74, 6) is 0.423. The van der Waals surface area contributed by atoms with Gasteiger partial charge in [-0.2, -0.15) is 5.10 Å². The lowest BCUT2D eigenvalue weighted by molar-refractivity contribution is 0.0948. The van der Waals surface area contributed by atoms with Gasteiger partial charge in [-0.05, 0) is 49.3 Å². The van der Waals surface area contributed by atoms with Crippen molar-refractivity contribution in [1.29, 1.82) is 0 Å². The van der Waals surface area contributed by atoms with E-state index < -0.39 is 0 Å². The monoisotopic (exact) mass is 334 g/mol. The molecule has 0 atom stereocenters. The van der Waals surface area contributed by atoms with Gasteiger partial charge in [-0.15, -0.1) is 0 Å². The Balaban J connectivity index is 1.75. The Kier molecular flexibility index (Phi) is 3.93. The number of fused-ring (bicyclic) bond motifs is 1. The highest BCUT2D eigenvalue weighted by atomic mass is 16.5. The van der Waals surface area contributed by atoms with Gasteiger partial charge in [0.05, 0.1) is 35.0 Å². The van der Waals surface area contributed by atoms with Crippen molar-refractivity contribution in [1.82, 2.24) is 20.5 Å². The molecule has 25 heavy (non-hydrogen) atoms. The average Bonchev–Trinajstić information content (AvgIpc) is 3.36. The zero-order chi connectivity index (χ0) is 17.2. The summed E-state index contributed by atoms with van der Waals surface area (Å²) >= 11 is 0. The fourth-order valence-corrected chi connectivity index (χ4v) is 2.75. The van der Waals surface area contributed by atoms with E-state index in [0.29, 0.717) is 17.4 Å². The number of rotatable bonds is 5. The minimum Gasteiger partial charge on any atom is -0.495 e. The summed E-state index contributed by atoms with van der Waals surface area (Å²) in [6.45, 7) is 0. The number of aromatic amines is 1. The third kappa shape index (κ3) is 3.10. The first-order valence-corrected chi connectivity index (χ1v) is 8.21. The van der Waals surface area contributed by atoms with Crippen molar-refractivity contribution >= 4 is 29.0 Å². The van der Waals surface area contributed by atoms with Gasteiger partial charge in [-0.1, -0.05) is 6.07 Å². The van der Waals surface area contributed by atoms with Gasteiger partial charge in [0.2, 0.25) is 0 Å². The molecule has 0 aliphatic heterocycles. The van der Waals surface area contributed by atoms with Crippen molar-refractivity contribution in [2.75, 3.05) is 7.11 Å². The van der Waals surface area contributed by atoms with Crippen LogP contribution in [0.3, 0.4) is 0 Å². The normalized spacial score (nSPS) is 14.1. The average molecular weight is 334 g/mol. The number of hydrogen-bond donors (Lipinski definition) is 2. The van der Waals surface area contributed by atoms with Crippen molar-refractivity contribution in [3.63, 3.8) is 0 Å². The van der Waals surface area contributed by atoms with Crippen LogP contribution in [-0.2, 0) is 0 Å². The van der Waals surface area contributed by atoms with Gasteiger partial charge in [0.1, 0.15) is 5.75 Å². The van der Waals surface area contributed by atoms with Crippen LogP contribution in [0, 0.1) is 0 Å². The number of amides is 1. The highest BCUT2D eigenvalue weighted by Crippen LogP contribution is 2.32. The number of H-pyrrole nitrogens is 1. The second-order valence-electron chi connectivity index (χ2n) is 6.01. The molecular formula is C19H18N4O2. The van der Waals surface area contributed by atoms with Crippen LogP contribution in [0.2, 0.25) is 0 Å². The molecule has 0 saturated heterocycles. The molecule has 126 valence electrons. The first kappa shape index (κ1) is 15.4. The Morgan fingerprint density at radius 3 is 2.88 bits per heavy atom. The van der Waals surface area contributed by atoms with Crippen LogP contribution in [0.1, 0.15) is 34.6 Å². The molecule has 1 aliphatic rings. The number of aromatic nitrogens is 3. The van der Waals surface area contributed by atoms with Crippen LogP contribution in [0.5, 0.6) is 5.75 Å². The van der Waals surface area contributed by atoms with Crippen molar-refractivity contribution in [3.05, 3.63) is 53.5 Å². The Bertz CT molecular complexity index is 943. The zero-order valence-corrected chi connectivity index (χ0v) is 13.8. The Hall–Kier alpha value is -3.15. The van der Waals surface area contributed by atoms with Crippen LogP contribution >= 0.6 is 0 Å². The number of benzene rings is 1. The number of carbonyl (C=O) groups is 1. The highest BCUT2D eigenvalue weighted by Gasteiger charge is 2.26. The molecule has 1 fully saturated rings. The maximum absolute atomic E-state index is 12.5. The van der Waals surface area contributed by atoms with Gasteiger partial charge < -0.3 is 10.1 Å². The molecule has 0 spiro atoms. The predicted octanol–water partition coefficient (Wildman–Crippen LogP) is 3.03. The SMILES string of the molecule is COc1c(C(=O)NC2CC2)ccc2n[nH]c(C=Cc3ccccn3)c12. The van der Waals surface area contributed by atoms with Gasteiger partial charge in [0.15, 0.2) is 0 Å². The molecule has 6 nitrogen and oxygen atoms in total. The van der Waals surface area contributed by atoms with Crippen molar-refractivity contribution < 1.29 is 9.53 Å². The van der Waals surface area contributed by atoms with Gasteiger partial charge in [0, 0.05) is 12.2 Å². The molecule has 1 saturated carbocycles. The van der Waals surface area contributed by atoms with Crippen LogP contribution in [0.4, 0.5) is 0 Å². The fraction of sp³-hybridized carbons (Fsp3) is 0.211. The summed E-state index contributed by atoms with van der Waals surface area (Å²) in [6, 6.07) is 9.59. The van der Waals surface area contributed by atoms with Gasteiger partial charge in [-0.25, -0.2) is 0 Å². The summed E-state index contributed by atoms with van der Waals surface area (Å²) in [5.41, 5.74) is 2.89. The Labute approximate surface area is 144 Å². The molecule has 2 N–H and O–H groups in total. The van der Waals surface area contributed by atoms with Gasteiger partial charge in [-0.3, -0.25) is 14.9 Å². The Morgan fingerprint density at radius 2 is 2.16 bits per heavy atom. The topological polar surface area (TPSA) is 79.9 Å². The molecule has 1 aliphatic carbocycles. The first-order valence-electron chi connectivity index (χ1n) is 8.21. The lowest BCUT2D eigenvalue weighted by atomic mass is 10.1. The molecule has 0 radical (unpaired) electrons. The standard InChI is InChI=1S/C19H18N4O2/c1-25-18-14(19(24)21-13-5-6-13)8-10-16-17(18)15(22-23-16)9-7-12-4-2-3-11-20-12/h2-4,7-11,13H,5-6H2,1H3,(H,21,24)(H,22,23). The third-order valence-electron chi connectivity index (χ3n) is 4.17. The van der Waals surface area contributed by atoms with E-state index in [1.54, 1.807) is 19.4 Å². The third-order valence-corrected chi connectivity index (χ3v) is 4.17. The lowest BCUT2D eigenvalue weighted by Crippen LogP contribution is -2.25. The number of nitrogens with zero attached hydrogens (tertiary/aromatic N) is 2. The van der Waals surface area contributed by atoms with Crippen LogP contribution < -0.4 is 10.1 Å². The van der Waals surface area contributed by atoms with E-state index >= 15 is 0 Å². The van der Waals surface area contributed by atoms with Crippen molar-refractivity contribution in [3.8, 4) is 5.75 Å². The first-order chi connectivity index (χ1) is 12.3. The number of carbonyl (C=O) groups excluding carboxylic acids is 1. The maximum Gasteiger partial charge on any atom is 0.255 e. The number of ether oxygens (including phenoxy) is 1. The molecular weight excluding hydrogens is 316 g/mol. The second kappa shape index (κ2) is 6.39. The largest absolute Gasteiger partial charge is 0.495 e. The lowest BCUT2D eigenvalue weighted by Gasteiger charge is -2.10. The smallest absolute Gasteiger partial charge is 0.255 e. The van der Waals surface area contributed by atoms with E-state index in [4.69, 9.17) is 4.74 Å². The summed E-state index contributed by atoms with van der Waals surface area (Å²) in [7, 11) is 1.57. The number of nitrogens with one attached hydrogen (secondary N) is 2. The van der Waals surface area contributed by atoms with E-state index in [9.17, 15) is 4.79 Å². The molecule has 1 amide bonds. The van der Waals surface area contributed by atoms with E-state index in [2.05, 4.69) is 20.5 Å². The van der Waals surface area contributed by atoms with Gasteiger partial charge >= 0.3 is 0 Å². The summed E-state index contributed by atoms with van der Waals surface area (Å²) < 4.78 is 5.56. The summed E-state index contributed by atoms with van der Waals surface area (Å²) in [6.07, 6.45) is 7.61. The van der Waals surface area contributed by atoms with E-state index in [1.807, 2.05) is 36.4 Å². The van der Waals surface area contributed by atoms with Crippen LogP contribution in [0.15, 0.2) is 36.5 Å². The Morgan fingerprint density at radius 1 is 1.28 bits per heavy atom. The minimum absolute atomic E-state index is 0.109. The quantitative estimate of drug-likeness (QED) is 0.751. The number of hydrogen-bond acceptors (Lipinski definition) is 4. The molecule has 6 heteroatoms. The molecule has 0 bridgehead atoms. The van der Waals surface area contributed by atoms with Crippen LogP contribution in [-0.4, -0.2) is 34.2 Å². The van der Waals surface area contributed by atoms with Crippen molar-refractivity contribution in [2.24, 2.45) is 0 Å². The predicted molar refractivity (Wildman–Crippen MR) is 96.3 cm³/mol. The molecule has 4 rings (SSSR count). The zero-order valence-electron chi connectivity index (χ0n) is 13.8. The highest BCUT2D eigenvalue weighted by molar-refractivity contribution is 6.05. The van der Waals surface area contributed by atoms with E-state index in [1.165, 1.54) is 0 Å². The number of pyridine rings is 1. The summed E-state index contributed by atoms with van der Waals surface area (Å²) in [4.78, 5) is 16.8. The van der Waals surface area contributed by atoms with Crippen molar-refractivity contribution in [2.45, 2.75) is 18.9 Å². The molecule has 0 unspecified atom stereocenters. The minimum atomic E-state index is -0.109. The second-order valence-corrected chi connectivity index (χ2v) is 6.01. The molecule has 2 aromatic heterocycles. The fourth-order valence-electron chi connectivity index (χ4n) is 2.75. The molecule has 1 aromatic carbocycles. The van der Waals surface area contributed by atoms with Crippen LogP contribution in [0.25, 0.3) is 23.1 Å².